The molecule has 0 aliphatic carbocycles. The fraction of sp³-hybridized carbons (Fsp3) is 0.333. The third kappa shape index (κ3) is 1.60. The zero-order valence-corrected chi connectivity index (χ0v) is 8.78. The zero-order chi connectivity index (χ0) is 10.1. The number of nitrogens with zero attached hydrogens (tertiary/aromatic N) is 2. The van der Waals surface area contributed by atoms with Crippen LogP contribution in [0.3, 0.4) is 0 Å². The Morgan fingerprint density at radius 3 is 2.64 bits per heavy atom. The Balaban J connectivity index is 2.63. The predicted octanol–water partition coefficient (Wildman–Crippen LogP) is 3.06. The molecule has 2 nitrogen and oxygen atoms in total. The van der Waals surface area contributed by atoms with Gasteiger partial charge in [-0.1, -0.05) is 13.8 Å². The third-order valence-corrected chi connectivity index (χ3v) is 2.29. The number of hydrogen-bond donors (Lipinski definition) is 0. The van der Waals surface area contributed by atoms with Gasteiger partial charge in [0.1, 0.15) is 0 Å². The summed E-state index contributed by atoms with van der Waals surface area (Å²) >= 11 is 0. The maximum atomic E-state index is 4.57. The molecule has 0 aliphatic rings. The van der Waals surface area contributed by atoms with Crippen LogP contribution in [0.15, 0.2) is 24.4 Å². The average Bonchev–Trinajstić information content (AvgIpc) is 2.16. The molecule has 2 aromatic heterocycles. The van der Waals surface area contributed by atoms with Gasteiger partial charge in [0.25, 0.3) is 0 Å². The third-order valence-electron chi connectivity index (χ3n) is 2.29. The van der Waals surface area contributed by atoms with E-state index in [1.54, 1.807) is 0 Å². The van der Waals surface area contributed by atoms with E-state index in [1.165, 1.54) is 0 Å². The van der Waals surface area contributed by atoms with Crippen LogP contribution in [0.5, 0.6) is 0 Å². The Hall–Kier alpha value is -1.44. The molecule has 2 aromatic rings. The highest BCUT2D eigenvalue weighted by Crippen LogP contribution is 2.16. The van der Waals surface area contributed by atoms with Gasteiger partial charge in [0.2, 0.25) is 0 Å². The van der Waals surface area contributed by atoms with Gasteiger partial charge in [0, 0.05) is 11.9 Å². The van der Waals surface area contributed by atoms with Gasteiger partial charge in [-0.15, -0.1) is 0 Å². The molecule has 0 bridgehead atoms. The first-order valence-corrected chi connectivity index (χ1v) is 4.90. The van der Waals surface area contributed by atoms with Gasteiger partial charge >= 0.3 is 0 Å². The largest absolute Gasteiger partial charge is 0.254 e. The van der Waals surface area contributed by atoms with Gasteiger partial charge in [-0.25, -0.2) is 0 Å². The summed E-state index contributed by atoms with van der Waals surface area (Å²) in [6, 6.07) is 6.17. The summed E-state index contributed by atoms with van der Waals surface area (Å²) in [6.45, 7) is 6.34. The molecule has 0 radical (unpaired) electrons. The van der Waals surface area contributed by atoms with E-state index in [0.717, 1.165) is 22.3 Å². The lowest BCUT2D eigenvalue weighted by molar-refractivity contribution is 0.829. The van der Waals surface area contributed by atoms with Crippen LogP contribution < -0.4 is 0 Å². The Kier molecular flexibility index (Phi) is 2.20. The van der Waals surface area contributed by atoms with E-state index in [2.05, 4.69) is 35.9 Å². The molecule has 2 heteroatoms. The van der Waals surface area contributed by atoms with Crippen LogP contribution in [0, 0.1) is 6.92 Å². The molecule has 0 saturated heterocycles. The zero-order valence-electron chi connectivity index (χ0n) is 8.78. The fourth-order valence-electron chi connectivity index (χ4n) is 1.44. The molecular formula is C12H14N2. The highest BCUT2D eigenvalue weighted by molar-refractivity contribution is 5.74. The first kappa shape index (κ1) is 9.13. The molecule has 0 atom stereocenters. The average molecular weight is 186 g/mol. The smallest absolute Gasteiger partial charge is 0.0892 e. The van der Waals surface area contributed by atoms with Crippen molar-refractivity contribution >= 4 is 11.0 Å². The Morgan fingerprint density at radius 1 is 1.14 bits per heavy atom. The van der Waals surface area contributed by atoms with Crippen molar-refractivity contribution in [2.45, 2.75) is 26.7 Å². The van der Waals surface area contributed by atoms with Crippen LogP contribution in [-0.4, -0.2) is 9.97 Å². The van der Waals surface area contributed by atoms with E-state index in [1.807, 2.05) is 19.2 Å². The Labute approximate surface area is 84.0 Å². The summed E-state index contributed by atoms with van der Waals surface area (Å²) < 4.78 is 0. The highest BCUT2D eigenvalue weighted by Gasteiger charge is 2.02. The van der Waals surface area contributed by atoms with Crippen molar-refractivity contribution in [1.29, 1.82) is 0 Å². The van der Waals surface area contributed by atoms with Crippen molar-refractivity contribution in [2.75, 3.05) is 0 Å². The molecule has 0 amide bonds. The highest BCUT2D eigenvalue weighted by atomic mass is 14.8. The molecule has 0 aliphatic heterocycles. The lowest BCUT2D eigenvalue weighted by Crippen LogP contribution is -1.93. The van der Waals surface area contributed by atoms with E-state index in [0.29, 0.717) is 5.92 Å². The Bertz CT molecular complexity index is 461. The van der Waals surface area contributed by atoms with Crippen molar-refractivity contribution < 1.29 is 0 Å². The number of aryl methyl sites for hydroxylation is 1. The van der Waals surface area contributed by atoms with Gasteiger partial charge in [-0.3, -0.25) is 9.97 Å². The fourth-order valence-corrected chi connectivity index (χ4v) is 1.44. The van der Waals surface area contributed by atoms with Crippen LogP contribution in [-0.2, 0) is 0 Å². The van der Waals surface area contributed by atoms with E-state index >= 15 is 0 Å². The van der Waals surface area contributed by atoms with Crippen molar-refractivity contribution in [1.82, 2.24) is 9.97 Å². The van der Waals surface area contributed by atoms with E-state index in [4.69, 9.17) is 0 Å². The number of hydrogen-bond acceptors (Lipinski definition) is 2. The molecule has 2 rings (SSSR count). The lowest BCUT2D eigenvalue weighted by Gasteiger charge is -2.05. The van der Waals surface area contributed by atoms with E-state index in [-0.39, 0.29) is 0 Å². The van der Waals surface area contributed by atoms with E-state index in [9.17, 15) is 0 Å². The van der Waals surface area contributed by atoms with Crippen molar-refractivity contribution in [3.05, 3.63) is 35.7 Å². The SMILES string of the molecule is Cc1cnc2ccc(C(C)C)nc2c1. The first-order chi connectivity index (χ1) is 6.66. The molecule has 0 unspecified atom stereocenters. The summed E-state index contributed by atoms with van der Waals surface area (Å²) in [5.41, 5.74) is 4.26. The number of rotatable bonds is 1. The second-order valence-electron chi connectivity index (χ2n) is 3.94. The lowest BCUT2D eigenvalue weighted by atomic mass is 10.1. The van der Waals surface area contributed by atoms with Gasteiger partial charge in [0.15, 0.2) is 0 Å². The molecule has 0 spiro atoms. The minimum Gasteiger partial charge on any atom is -0.254 e. The molecule has 72 valence electrons. The van der Waals surface area contributed by atoms with Gasteiger partial charge in [-0.05, 0) is 36.6 Å². The standard InChI is InChI=1S/C12H14N2/c1-8(2)10-4-5-11-12(14-10)6-9(3)7-13-11/h4-8H,1-3H3. The van der Waals surface area contributed by atoms with Crippen molar-refractivity contribution in [3.8, 4) is 0 Å². The second kappa shape index (κ2) is 3.37. The van der Waals surface area contributed by atoms with Gasteiger partial charge in [-0.2, -0.15) is 0 Å². The molecule has 0 N–H and O–H groups in total. The summed E-state index contributed by atoms with van der Waals surface area (Å²) in [5, 5.41) is 0. The Morgan fingerprint density at radius 2 is 1.93 bits per heavy atom. The number of aromatic nitrogens is 2. The molecular weight excluding hydrogens is 172 g/mol. The van der Waals surface area contributed by atoms with Crippen molar-refractivity contribution in [3.63, 3.8) is 0 Å². The number of pyridine rings is 2. The summed E-state index contributed by atoms with van der Waals surface area (Å²) in [7, 11) is 0. The molecule has 0 aromatic carbocycles. The molecule has 2 heterocycles. The van der Waals surface area contributed by atoms with E-state index < -0.39 is 0 Å². The maximum Gasteiger partial charge on any atom is 0.0892 e. The molecule has 14 heavy (non-hydrogen) atoms. The van der Waals surface area contributed by atoms with Crippen LogP contribution in [0.2, 0.25) is 0 Å². The first-order valence-electron chi connectivity index (χ1n) is 4.90. The minimum atomic E-state index is 0.472. The molecule has 0 saturated carbocycles. The minimum absolute atomic E-state index is 0.472. The topological polar surface area (TPSA) is 25.8 Å². The normalized spacial score (nSPS) is 11.1. The maximum absolute atomic E-state index is 4.57. The van der Waals surface area contributed by atoms with Crippen LogP contribution in [0.25, 0.3) is 11.0 Å². The van der Waals surface area contributed by atoms with Gasteiger partial charge in [0.05, 0.1) is 11.0 Å². The van der Waals surface area contributed by atoms with Gasteiger partial charge < -0.3 is 0 Å². The molecule has 0 fully saturated rings. The summed E-state index contributed by atoms with van der Waals surface area (Å²) in [6.07, 6.45) is 1.87. The second-order valence-corrected chi connectivity index (χ2v) is 3.94. The van der Waals surface area contributed by atoms with Crippen LogP contribution in [0.4, 0.5) is 0 Å². The quantitative estimate of drug-likeness (QED) is 0.684. The summed E-state index contributed by atoms with van der Waals surface area (Å²) in [5.74, 6) is 0.472. The van der Waals surface area contributed by atoms with Crippen LogP contribution in [0.1, 0.15) is 31.0 Å². The monoisotopic (exact) mass is 186 g/mol. The summed E-state index contributed by atoms with van der Waals surface area (Å²) in [4.78, 5) is 8.89. The number of fused-ring (bicyclic) bond motifs is 1. The predicted molar refractivity (Wildman–Crippen MR) is 58.4 cm³/mol. The van der Waals surface area contributed by atoms with Crippen molar-refractivity contribution in [2.24, 2.45) is 0 Å². The van der Waals surface area contributed by atoms with Crippen LogP contribution >= 0.6 is 0 Å².